The molecule has 1 aliphatic carbocycles. The largest absolute Gasteiger partial charge is 0.369 e. The van der Waals surface area contributed by atoms with Gasteiger partial charge in [-0.2, -0.15) is 0 Å². The van der Waals surface area contributed by atoms with Crippen molar-refractivity contribution in [1.82, 2.24) is 9.97 Å². The molecule has 0 bridgehead atoms. The van der Waals surface area contributed by atoms with Crippen molar-refractivity contribution in [2.45, 2.75) is 39.0 Å². The van der Waals surface area contributed by atoms with Crippen molar-refractivity contribution in [2.24, 2.45) is 17.6 Å². The van der Waals surface area contributed by atoms with Crippen LogP contribution in [0.15, 0.2) is 11.4 Å². The maximum Gasteiger partial charge on any atom is 0.220 e. The highest BCUT2D eigenvalue weighted by Crippen LogP contribution is 2.30. The van der Waals surface area contributed by atoms with Crippen LogP contribution < -0.4 is 11.1 Å². The molecule has 1 saturated carbocycles. The number of nitrogens with two attached hydrogens (primary N) is 1. The average molecular weight is 318 g/mol. The Morgan fingerprint density at radius 3 is 2.82 bits per heavy atom. The molecule has 2 aromatic heterocycles. The standard InChI is InChI=1S/C16H22N4OS/c1-2-13-19-15(12-7-8-22-16(12)20-13)18-9-10-3-5-11(6-4-10)14(17)21/h7-8,10-11H,2-6,9H2,1H3,(H2,17,21)(H,18,19,20). The maximum absolute atomic E-state index is 11.2. The van der Waals surface area contributed by atoms with Crippen molar-refractivity contribution in [3.05, 3.63) is 17.3 Å². The minimum atomic E-state index is -0.144. The molecule has 0 unspecified atom stereocenters. The van der Waals surface area contributed by atoms with E-state index >= 15 is 0 Å². The number of thiophene rings is 1. The number of aryl methyl sites for hydroxylation is 1. The van der Waals surface area contributed by atoms with E-state index in [0.717, 1.165) is 60.5 Å². The third kappa shape index (κ3) is 3.21. The van der Waals surface area contributed by atoms with Gasteiger partial charge in [-0.3, -0.25) is 4.79 Å². The second kappa shape index (κ2) is 6.60. The van der Waals surface area contributed by atoms with Crippen molar-refractivity contribution in [1.29, 1.82) is 0 Å². The Kier molecular flexibility index (Phi) is 4.57. The molecule has 2 aromatic rings. The predicted octanol–water partition coefficient (Wildman–Crippen LogP) is 2.96. The summed E-state index contributed by atoms with van der Waals surface area (Å²) in [6.45, 7) is 2.97. The van der Waals surface area contributed by atoms with Crippen LogP contribution in [0.5, 0.6) is 0 Å². The Labute approximate surface area is 134 Å². The number of nitrogens with one attached hydrogen (secondary N) is 1. The zero-order chi connectivity index (χ0) is 15.5. The van der Waals surface area contributed by atoms with Gasteiger partial charge in [0.05, 0.1) is 5.39 Å². The predicted molar refractivity (Wildman–Crippen MR) is 89.9 cm³/mol. The van der Waals surface area contributed by atoms with Crippen molar-refractivity contribution >= 4 is 33.3 Å². The first-order chi connectivity index (χ1) is 10.7. The van der Waals surface area contributed by atoms with Gasteiger partial charge in [0.25, 0.3) is 0 Å². The van der Waals surface area contributed by atoms with Gasteiger partial charge in [0.1, 0.15) is 16.5 Å². The number of nitrogens with zero attached hydrogens (tertiary/aromatic N) is 2. The van der Waals surface area contributed by atoms with E-state index in [1.54, 1.807) is 11.3 Å². The highest BCUT2D eigenvalue weighted by molar-refractivity contribution is 7.16. The fraction of sp³-hybridized carbons (Fsp3) is 0.562. The third-order valence-corrected chi connectivity index (χ3v) is 5.30. The molecule has 0 radical (unpaired) electrons. The van der Waals surface area contributed by atoms with Crippen LogP contribution in [0, 0.1) is 11.8 Å². The molecule has 2 heterocycles. The lowest BCUT2D eigenvalue weighted by atomic mass is 9.81. The van der Waals surface area contributed by atoms with Crippen molar-refractivity contribution in [2.75, 3.05) is 11.9 Å². The second-order valence-electron chi connectivity index (χ2n) is 5.98. The highest BCUT2D eigenvalue weighted by Gasteiger charge is 2.24. The summed E-state index contributed by atoms with van der Waals surface area (Å²) in [5.41, 5.74) is 5.39. The number of carbonyl (C=O) groups is 1. The summed E-state index contributed by atoms with van der Waals surface area (Å²) in [7, 11) is 0. The van der Waals surface area contributed by atoms with E-state index in [2.05, 4.69) is 33.7 Å². The van der Waals surface area contributed by atoms with Gasteiger partial charge in [0.15, 0.2) is 0 Å². The first-order valence-corrected chi connectivity index (χ1v) is 8.82. The maximum atomic E-state index is 11.2. The van der Waals surface area contributed by atoms with Gasteiger partial charge in [-0.05, 0) is 43.0 Å². The quantitative estimate of drug-likeness (QED) is 0.888. The van der Waals surface area contributed by atoms with E-state index in [1.807, 2.05) is 0 Å². The normalized spacial score (nSPS) is 21.9. The van der Waals surface area contributed by atoms with Crippen LogP contribution in [0.25, 0.3) is 10.2 Å². The molecule has 0 atom stereocenters. The van der Waals surface area contributed by atoms with Crippen LogP contribution in [0.2, 0.25) is 0 Å². The summed E-state index contributed by atoms with van der Waals surface area (Å²) in [4.78, 5) is 21.5. The summed E-state index contributed by atoms with van der Waals surface area (Å²) in [6.07, 6.45) is 4.78. The zero-order valence-electron chi connectivity index (χ0n) is 12.8. The summed E-state index contributed by atoms with van der Waals surface area (Å²) in [5, 5.41) is 6.66. The first-order valence-electron chi connectivity index (χ1n) is 7.94. The van der Waals surface area contributed by atoms with Gasteiger partial charge in [-0.1, -0.05) is 6.92 Å². The van der Waals surface area contributed by atoms with Gasteiger partial charge >= 0.3 is 0 Å². The molecule has 22 heavy (non-hydrogen) atoms. The van der Waals surface area contributed by atoms with Crippen LogP contribution in [-0.2, 0) is 11.2 Å². The van der Waals surface area contributed by atoms with E-state index < -0.39 is 0 Å². The highest BCUT2D eigenvalue weighted by atomic mass is 32.1. The number of rotatable bonds is 5. The van der Waals surface area contributed by atoms with E-state index in [9.17, 15) is 4.79 Å². The number of hydrogen-bond donors (Lipinski definition) is 2. The Morgan fingerprint density at radius 1 is 1.36 bits per heavy atom. The van der Waals surface area contributed by atoms with E-state index in [4.69, 9.17) is 5.73 Å². The Morgan fingerprint density at radius 2 is 2.14 bits per heavy atom. The third-order valence-electron chi connectivity index (χ3n) is 4.49. The molecular weight excluding hydrogens is 296 g/mol. The van der Waals surface area contributed by atoms with E-state index in [1.165, 1.54) is 0 Å². The Bertz CT molecular complexity index is 661. The molecule has 5 nitrogen and oxygen atoms in total. The Hall–Kier alpha value is -1.69. The molecule has 1 aliphatic rings. The number of carbonyl (C=O) groups excluding carboxylic acids is 1. The molecule has 0 spiro atoms. The minimum absolute atomic E-state index is 0.0746. The van der Waals surface area contributed by atoms with Crippen LogP contribution in [0.1, 0.15) is 38.4 Å². The molecular formula is C16H22N4OS. The lowest BCUT2D eigenvalue weighted by Gasteiger charge is -2.27. The van der Waals surface area contributed by atoms with Crippen molar-refractivity contribution in [3.63, 3.8) is 0 Å². The number of aromatic nitrogens is 2. The first kappa shape index (κ1) is 15.2. The number of amides is 1. The average Bonchev–Trinajstić information content (AvgIpc) is 3.01. The lowest BCUT2D eigenvalue weighted by Crippen LogP contribution is -2.29. The molecule has 3 N–H and O–H groups in total. The van der Waals surface area contributed by atoms with E-state index in [-0.39, 0.29) is 11.8 Å². The van der Waals surface area contributed by atoms with Gasteiger partial charge in [-0.25, -0.2) is 9.97 Å². The van der Waals surface area contributed by atoms with Gasteiger partial charge < -0.3 is 11.1 Å². The number of anilines is 1. The minimum Gasteiger partial charge on any atom is -0.369 e. The topological polar surface area (TPSA) is 80.9 Å². The van der Waals surface area contributed by atoms with E-state index in [0.29, 0.717) is 5.92 Å². The van der Waals surface area contributed by atoms with Crippen LogP contribution in [0.3, 0.4) is 0 Å². The summed E-state index contributed by atoms with van der Waals surface area (Å²) in [6, 6.07) is 2.08. The van der Waals surface area contributed by atoms with Crippen molar-refractivity contribution < 1.29 is 4.79 Å². The molecule has 0 saturated heterocycles. The van der Waals surface area contributed by atoms with Gasteiger partial charge in [0, 0.05) is 18.9 Å². The Balaban J connectivity index is 1.64. The van der Waals surface area contributed by atoms with Crippen LogP contribution in [-0.4, -0.2) is 22.4 Å². The summed E-state index contributed by atoms with van der Waals surface area (Å²) < 4.78 is 0. The van der Waals surface area contributed by atoms with Crippen molar-refractivity contribution in [3.8, 4) is 0 Å². The van der Waals surface area contributed by atoms with Crippen LogP contribution >= 0.6 is 11.3 Å². The zero-order valence-corrected chi connectivity index (χ0v) is 13.7. The number of hydrogen-bond acceptors (Lipinski definition) is 5. The molecule has 3 rings (SSSR count). The second-order valence-corrected chi connectivity index (χ2v) is 6.88. The fourth-order valence-electron chi connectivity index (χ4n) is 3.08. The monoisotopic (exact) mass is 318 g/mol. The summed E-state index contributed by atoms with van der Waals surface area (Å²) >= 11 is 1.65. The molecule has 0 aliphatic heterocycles. The molecule has 1 amide bonds. The molecule has 118 valence electrons. The van der Waals surface area contributed by atoms with Gasteiger partial charge in [0.2, 0.25) is 5.91 Å². The van der Waals surface area contributed by atoms with Gasteiger partial charge in [-0.15, -0.1) is 11.3 Å². The van der Waals surface area contributed by atoms with Crippen LogP contribution in [0.4, 0.5) is 5.82 Å². The summed E-state index contributed by atoms with van der Waals surface area (Å²) in [5.74, 6) is 2.35. The fourth-order valence-corrected chi connectivity index (χ4v) is 3.87. The molecule has 6 heteroatoms. The SMILES string of the molecule is CCc1nc(NCC2CCC(C(N)=O)CC2)c2ccsc2n1. The number of fused-ring (bicyclic) bond motifs is 1. The molecule has 1 fully saturated rings. The smallest absolute Gasteiger partial charge is 0.220 e. The number of primary amides is 1. The molecule has 0 aromatic carbocycles. The lowest BCUT2D eigenvalue weighted by molar-refractivity contribution is -0.122.